The third-order valence-corrected chi connectivity index (χ3v) is 5.36. The van der Waals surface area contributed by atoms with Gasteiger partial charge in [0.1, 0.15) is 0 Å². The Kier molecular flexibility index (Phi) is 7.45. The van der Waals surface area contributed by atoms with E-state index in [-0.39, 0.29) is 5.91 Å². The first kappa shape index (κ1) is 22.5. The highest BCUT2D eigenvalue weighted by Gasteiger charge is 2.16. The molecule has 10 heteroatoms. The molecule has 164 valence electrons. The molecule has 0 saturated heterocycles. The Labute approximate surface area is 188 Å². The zero-order valence-corrected chi connectivity index (χ0v) is 19.4. The van der Waals surface area contributed by atoms with Crippen LogP contribution in [0, 0.1) is 6.92 Å². The van der Waals surface area contributed by atoms with Crippen LogP contribution < -0.4 is 19.5 Å². The van der Waals surface area contributed by atoms with Gasteiger partial charge in [0.05, 0.1) is 38.3 Å². The molecule has 0 fully saturated rings. The molecule has 0 saturated carbocycles. The molecule has 0 spiro atoms. The molecule has 3 aromatic rings. The SMILES string of the molecule is CCOc1ccc(-n2ncc(C(=O)NCCc3cc(OC)c(OC)cc3Br)c2C)nn1. The van der Waals surface area contributed by atoms with Gasteiger partial charge in [0, 0.05) is 17.1 Å². The van der Waals surface area contributed by atoms with E-state index in [0.717, 1.165) is 10.0 Å². The van der Waals surface area contributed by atoms with Gasteiger partial charge in [-0.25, -0.2) is 4.68 Å². The van der Waals surface area contributed by atoms with E-state index in [1.54, 1.807) is 31.0 Å². The molecule has 1 aromatic carbocycles. The molecular formula is C21H24BrN5O4. The van der Waals surface area contributed by atoms with Crippen LogP contribution in [0.2, 0.25) is 0 Å². The summed E-state index contributed by atoms with van der Waals surface area (Å²) in [6, 6.07) is 7.20. The molecule has 0 unspecified atom stereocenters. The van der Waals surface area contributed by atoms with Crippen molar-refractivity contribution in [2.45, 2.75) is 20.3 Å². The summed E-state index contributed by atoms with van der Waals surface area (Å²) >= 11 is 3.54. The van der Waals surface area contributed by atoms with Crippen molar-refractivity contribution < 1.29 is 19.0 Å². The van der Waals surface area contributed by atoms with Crippen LogP contribution >= 0.6 is 15.9 Å². The summed E-state index contributed by atoms with van der Waals surface area (Å²) in [6.07, 6.45) is 2.14. The lowest BCUT2D eigenvalue weighted by molar-refractivity contribution is 0.0953. The number of hydrogen-bond donors (Lipinski definition) is 1. The van der Waals surface area contributed by atoms with Gasteiger partial charge in [-0.3, -0.25) is 4.79 Å². The number of halogens is 1. The fraction of sp³-hybridized carbons (Fsp3) is 0.333. The van der Waals surface area contributed by atoms with E-state index in [2.05, 4.69) is 36.5 Å². The number of rotatable bonds is 9. The first-order chi connectivity index (χ1) is 15.0. The number of benzene rings is 1. The van der Waals surface area contributed by atoms with Crippen LogP contribution in [-0.4, -0.2) is 53.3 Å². The lowest BCUT2D eigenvalue weighted by Gasteiger charge is -2.12. The van der Waals surface area contributed by atoms with E-state index in [9.17, 15) is 4.79 Å². The van der Waals surface area contributed by atoms with Crippen LogP contribution in [-0.2, 0) is 6.42 Å². The highest BCUT2D eigenvalue weighted by molar-refractivity contribution is 9.10. The third kappa shape index (κ3) is 5.13. The summed E-state index contributed by atoms with van der Waals surface area (Å²) in [6.45, 7) is 4.65. The molecule has 0 bridgehead atoms. The summed E-state index contributed by atoms with van der Waals surface area (Å²) in [5, 5.41) is 15.3. The Hall–Kier alpha value is -3.14. The van der Waals surface area contributed by atoms with Crippen molar-refractivity contribution >= 4 is 21.8 Å². The predicted molar refractivity (Wildman–Crippen MR) is 118 cm³/mol. The molecule has 2 heterocycles. The fourth-order valence-corrected chi connectivity index (χ4v) is 3.53. The highest BCUT2D eigenvalue weighted by Crippen LogP contribution is 2.33. The molecule has 0 aliphatic heterocycles. The number of hydrogen-bond acceptors (Lipinski definition) is 7. The average Bonchev–Trinajstić information content (AvgIpc) is 3.16. The Bertz CT molecular complexity index is 1050. The average molecular weight is 490 g/mol. The second kappa shape index (κ2) is 10.3. The van der Waals surface area contributed by atoms with Gasteiger partial charge >= 0.3 is 0 Å². The van der Waals surface area contributed by atoms with Gasteiger partial charge in [-0.15, -0.1) is 10.2 Å². The summed E-state index contributed by atoms with van der Waals surface area (Å²) in [4.78, 5) is 12.7. The maximum atomic E-state index is 12.7. The van der Waals surface area contributed by atoms with E-state index < -0.39 is 0 Å². The second-order valence-corrected chi connectivity index (χ2v) is 7.38. The molecule has 1 amide bonds. The van der Waals surface area contributed by atoms with Gasteiger partial charge in [0.15, 0.2) is 17.3 Å². The summed E-state index contributed by atoms with van der Waals surface area (Å²) in [5.41, 5.74) is 2.14. The van der Waals surface area contributed by atoms with E-state index >= 15 is 0 Å². The number of nitrogens with one attached hydrogen (secondary N) is 1. The van der Waals surface area contributed by atoms with E-state index in [1.165, 1.54) is 6.20 Å². The maximum absolute atomic E-state index is 12.7. The quantitative estimate of drug-likeness (QED) is 0.492. The van der Waals surface area contributed by atoms with Gasteiger partial charge in [-0.1, -0.05) is 15.9 Å². The number of methoxy groups -OCH3 is 2. The van der Waals surface area contributed by atoms with Crippen molar-refractivity contribution in [1.29, 1.82) is 0 Å². The third-order valence-electron chi connectivity index (χ3n) is 4.62. The molecular weight excluding hydrogens is 466 g/mol. The normalized spacial score (nSPS) is 10.6. The zero-order valence-electron chi connectivity index (χ0n) is 17.8. The molecule has 0 atom stereocenters. The minimum Gasteiger partial charge on any atom is -0.493 e. The molecule has 0 aliphatic rings. The molecule has 31 heavy (non-hydrogen) atoms. The highest BCUT2D eigenvalue weighted by atomic mass is 79.9. The van der Waals surface area contributed by atoms with Crippen LogP contribution in [0.4, 0.5) is 0 Å². The van der Waals surface area contributed by atoms with Gasteiger partial charge in [-0.2, -0.15) is 5.10 Å². The summed E-state index contributed by atoms with van der Waals surface area (Å²) < 4.78 is 18.4. The minimum atomic E-state index is -0.209. The largest absolute Gasteiger partial charge is 0.493 e. The van der Waals surface area contributed by atoms with Crippen LogP contribution in [0.25, 0.3) is 5.82 Å². The van der Waals surface area contributed by atoms with Crippen molar-refractivity contribution in [3.8, 4) is 23.2 Å². The lowest BCUT2D eigenvalue weighted by Crippen LogP contribution is -2.26. The topological polar surface area (TPSA) is 100 Å². The van der Waals surface area contributed by atoms with Crippen molar-refractivity contribution in [1.82, 2.24) is 25.3 Å². The standard InChI is InChI=1S/C21H24BrN5O4/c1-5-31-20-7-6-19(25-26-20)27-13(2)15(12-24-27)21(28)23-9-8-14-10-17(29-3)18(30-4)11-16(14)22/h6-7,10-12H,5,8-9H2,1-4H3,(H,23,28). The first-order valence-corrected chi connectivity index (χ1v) is 10.5. The molecule has 0 aliphatic carbocycles. The molecule has 1 N–H and O–H groups in total. The van der Waals surface area contributed by atoms with Crippen molar-refractivity contribution in [2.24, 2.45) is 0 Å². The fourth-order valence-electron chi connectivity index (χ4n) is 3.01. The van der Waals surface area contributed by atoms with E-state index in [4.69, 9.17) is 14.2 Å². The Morgan fingerprint density at radius 2 is 1.90 bits per heavy atom. The monoisotopic (exact) mass is 489 g/mol. The summed E-state index contributed by atoms with van der Waals surface area (Å²) in [5.74, 6) is 2.02. The van der Waals surface area contributed by atoms with Crippen LogP contribution in [0.5, 0.6) is 17.4 Å². The smallest absolute Gasteiger partial charge is 0.254 e. The molecule has 0 radical (unpaired) electrons. The number of carbonyl (C=O) groups excluding carboxylic acids is 1. The maximum Gasteiger partial charge on any atom is 0.254 e. The molecule has 3 rings (SSSR count). The van der Waals surface area contributed by atoms with Crippen LogP contribution in [0.15, 0.2) is 34.9 Å². The minimum absolute atomic E-state index is 0.209. The number of nitrogens with zero attached hydrogens (tertiary/aromatic N) is 4. The van der Waals surface area contributed by atoms with Gasteiger partial charge in [-0.05, 0) is 44.0 Å². The Morgan fingerprint density at radius 3 is 2.55 bits per heavy atom. The Morgan fingerprint density at radius 1 is 1.16 bits per heavy atom. The summed E-state index contributed by atoms with van der Waals surface area (Å²) in [7, 11) is 3.18. The van der Waals surface area contributed by atoms with Crippen molar-refractivity contribution in [2.75, 3.05) is 27.4 Å². The lowest BCUT2D eigenvalue weighted by atomic mass is 10.1. The Balaban J connectivity index is 1.65. The zero-order chi connectivity index (χ0) is 22.4. The number of amides is 1. The first-order valence-electron chi connectivity index (χ1n) is 9.68. The number of ether oxygens (including phenoxy) is 3. The second-order valence-electron chi connectivity index (χ2n) is 6.52. The van der Waals surface area contributed by atoms with E-state index in [1.807, 2.05) is 26.0 Å². The predicted octanol–water partition coefficient (Wildman–Crippen LogP) is 3.12. The van der Waals surface area contributed by atoms with Gasteiger partial charge in [0.2, 0.25) is 5.88 Å². The van der Waals surface area contributed by atoms with Crippen LogP contribution in [0.1, 0.15) is 28.5 Å². The van der Waals surface area contributed by atoms with Gasteiger partial charge < -0.3 is 19.5 Å². The molecule has 9 nitrogen and oxygen atoms in total. The van der Waals surface area contributed by atoms with Crippen molar-refractivity contribution in [3.63, 3.8) is 0 Å². The van der Waals surface area contributed by atoms with Gasteiger partial charge in [0.25, 0.3) is 5.91 Å². The van der Waals surface area contributed by atoms with E-state index in [0.29, 0.717) is 54.0 Å². The number of aromatic nitrogens is 4. The van der Waals surface area contributed by atoms with Crippen molar-refractivity contribution in [3.05, 3.63) is 51.8 Å². The van der Waals surface area contributed by atoms with Crippen LogP contribution in [0.3, 0.4) is 0 Å². The number of carbonyl (C=O) groups is 1. The molecule has 2 aromatic heterocycles.